The van der Waals surface area contributed by atoms with Gasteiger partial charge < -0.3 is 20.1 Å². The van der Waals surface area contributed by atoms with Gasteiger partial charge >= 0.3 is 0 Å². The van der Waals surface area contributed by atoms with E-state index < -0.39 is 10.0 Å². The number of benzene rings is 2. The van der Waals surface area contributed by atoms with Gasteiger partial charge in [0.1, 0.15) is 11.5 Å². The van der Waals surface area contributed by atoms with E-state index >= 15 is 0 Å². The molecule has 3 N–H and O–H groups in total. The molecule has 0 bridgehead atoms. The van der Waals surface area contributed by atoms with Crippen LogP contribution in [0.1, 0.15) is 6.92 Å². The first-order valence-corrected chi connectivity index (χ1v) is 9.68. The summed E-state index contributed by atoms with van der Waals surface area (Å²) < 4.78 is 36.8. The van der Waals surface area contributed by atoms with Crippen molar-refractivity contribution in [1.82, 2.24) is 4.72 Å². The van der Waals surface area contributed by atoms with Gasteiger partial charge in [-0.05, 0) is 48.6 Å². The van der Waals surface area contributed by atoms with Gasteiger partial charge in [0.15, 0.2) is 5.11 Å². The Bertz CT molecular complexity index is 868. The van der Waals surface area contributed by atoms with Crippen LogP contribution in [0.4, 0.5) is 11.4 Å². The summed E-state index contributed by atoms with van der Waals surface area (Å²) in [5, 5.41) is 6.38. The smallest absolute Gasteiger partial charge is 0.240 e. The average Bonchev–Trinajstić information content (AvgIpc) is 2.62. The highest BCUT2D eigenvalue weighted by Gasteiger charge is 2.12. The Balaban J connectivity index is 2.06. The number of anilines is 2. The summed E-state index contributed by atoms with van der Waals surface area (Å²) in [6.07, 6.45) is 0. The van der Waals surface area contributed by atoms with E-state index in [9.17, 15) is 8.42 Å². The summed E-state index contributed by atoms with van der Waals surface area (Å²) >= 11 is 5.30. The van der Waals surface area contributed by atoms with Gasteiger partial charge in [0.25, 0.3) is 0 Å². The van der Waals surface area contributed by atoms with Gasteiger partial charge in [-0.15, -0.1) is 0 Å². The highest BCUT2D eigenvalue weighted by molar-refractivity contribution is 7.89. The molecule has 0 aliphatic carbocycles. The molecular formula is C17H21N3O4S2. The fourth-order valence-corrected chi connectivity index (χ4v) is 3.45. The lowest BCUT2D eigenvalue weighted by atomic mass is 10.2. The normalized spacial score (nSPS) is 10.9. The summed E-state index contributed by atoms with van der Waals surface area (Å²) in [4.78, 5) is 0.195. The minimum absolute atomic E-state index is 0.195. The quantitative estimate of drug-likeness (QED) is 0.621. The van der Waals surface area contributed by atoms with Crippen LogP contribution in [0.3, 0.4) is 0 Å². The Morgan fingerprint density at radius 1 is 1.04 bits per heavy atom. The molecule has 2 aromatic rings. The van der Waals surface area contributed by atoms with Crippen molar-refractivity contribution in [2.24, 2.45) is 0 Å². The third kappa shape index (κ3) is 5.07. The van der Waals surface area contributed by atoms with Crippen LogP contribution in [-0.4, -0.2) is 34.3 Å². The zero-order valence-corrected chi connectivity index (χ0v) is 16.3. The molecule has 26 heavy (non-hydrogen) atoms. The van der Waals surface area contributed by atoms with Gasteiger partial charge in [-0.25, -0.2) is 13.1 Å². The molecule has 0 amide bonds. The van der Waals surface area contributed by atoms with Crippen molar-refractivity contribution in [2.75, 3.05) is 31.4 Å². The van der Waals surface area contributed by atoms with Crippen molar-refractivity contribution in [2.45, 2.75) is 11.8 Å². The summed E-state index contributed by atoms with van der Waals surface area (Å²) in [7, 11) is -0.342. The zero-order chi connectivity index (χ0) is 19.2. The standard InChI is InChI=1S/C17H21N3O4S2/c1-4-18-26(21,22)14-8-5-12(6-9-14)19-17(25)20-15-10-7-13(23-2)11-16(15)24-3/h5-11,18H,4H2,1-3H3,(H2,19,20,25). The van der Waals surface area contributed by atoms with Crippen LogP contribution < -0.4 is 24.8 Å². The number of methoxy groups -OCH3 is 2. The molecule has 0 unspecified atom stereocenters. The summed E-state index contributed by atoms with van der Waals surface area (Å²) in [6, 6.07) is 11.6. The van der Waals surface area contributed by atoms with E-state index in [1.54, 1.807) is 51.5 Å². The minimum atomic E-state index is -3.47. The first-order chi connectivity index (χ1) is 12.4. The van der Waals surface area contributed by atoms with Crippen molar-refractivity contribution < 1.29 is 17.9 Å². The Morgan fingerprint density at radius 3 is 2.31 bits per heavy atom. The lowest BCUT2D eigenvalue weighted by Crippen LogP contribution is -2.23. The Kier molecular flexibility index (Phi) is 6.78. The van der Waals surface area contributed by atoms with Crippen LogP contribution >= 0.6 is 12.2 Å². The average molecular weight is 396 g/mol. The fourth-order valence-electron chi connectivity index (χ4n) is 2.18. The second-order valence-corrected chi connectivity index (χ2v) is 7.35. The molecule has 0 fully saturated rings. The SMILES string of the molecule is CCNS(=O)(=O)c1ccc(NC(=S)Nc2ccc(OC)cc2OC)cc1. The topological polar surface area (TPSA) is 88.7 Å². The Labute approximate surface area is 158 Å². The summed E-state index contributed by atoms with van der Waals surface area (Å²) in [5.41, 5.74) is 1.34. The second kappa shape index (κ2) is 8.84. The molecular weight excluding hydrogens is 374 g/mol. The Morgan fingerprint density at radius 2 is 1.73 bits per heavy atom. The van der Waals surface area contributed by atoms with Gasteiger partial charge in [-0.3, -0.25) is 0 Å². The maximum absolute atomic E-state index is 11.9. The molecule has 0 aliphatic rings. The third-order valence-electron chi connectivity index (χ3n) is 3.41. The molecule has 0 saturated heterocycles. The van der Waals surface area contributed by atoms with E-state index in [2.05, 4.69) is 15.4 Å². The second-order valence-electron chi connectivity index (χ2n) is 5.17. The van der Waals surface area contributed by atoms with E-state index in [-0.39, 0.29) is 4.90 Å². The molecule has 9 heteroatoms. The van der Waals surface area contributed by atoms with E-state index in [0.717, 1.165) is 0 Å². The number of hydrogen-bond acceptors (Lipinski definition) is 5. The van der Waals surface area contributed by atoms with Gasteiger partial charge in [0, 0.05) is 18.3 Å². The number of ether oxygens (including phenoxy) is 2. The van der Waals surface area contributed by atoms with E-state index in [0.29, 0.717) is 34.5 Å². The van der Waals surface area contributed by atoms with Crippen molar-refractivity contribution >= 4 is 38.7 Å². The molecule has 0 atom stereocenters. The number of nitrogens with one attached hydrogen (secondary N) is 3. The molecule has 0 aliphatic heterocycles. The molecule has 0 saturated carbocycles. The van der Waals surface area contributed by atoms with Crippen molar-refractivity contribution in [3.63, 3.8) is 0 Å². The predicted octanol–water partition coefficient (Wildman–Crippen LogP) is 2.81. The first kappa shape index (κ1) is 20.0. The predicted molar refractivity (Wildman–Crippen MR) is 107 cm³/mol. The van der Waals surface area contributed by atoms with Crippen LogP contribution in [0.25, 0.3) is 0 Å². The third-order valence-corrected chi connectivity index (χ3v) is 5.18. The lowest BCUT2D eigenvalue weighted by Gasteiger charge is -2.14. The minimum Gasteiger partial charge on any atom is -0.497 e. The van der Waals surface area contributed by atoms with Gasteiger partial charge in [0.2, 0.25) is 10.0 Å². The maximum atomic E-state index is 11.9. The molecule has 0 aromatic heterocycles. The summed E-state index contributed by atoms with van der Waals surface area (Å²) in [5.74, 6) is 1.25. The number of hydrogen-bond donors (Lipinski definition) is 3. The molecule has 0 spiro atoms. The number of sulfonamides is 1. The highest BCUT2D eigenvalue weighted by atomic mass is 32.2. The highest BCUT2D eigenvalue weighted by Crippen LogP contribution is 2.29. The number of thiocarbonyl (C=S) groups is 1. The van der Waals surface area contributed by atoms with E-state index in [1.165, 1.54) is 12.1 Å². The molecule has 2 aromatic carbocycles. The van der Waals surface area contributed by atoms with Crippen LogP contribution in [0.15, 0.2) is 47.4 Å². The fraction of sp³-hybridized carbons (Fsp3) is 0.235. The van der Waals surface area contributed by atoms with Crippen molar-refractivity contribution in [3.05, 3.63) is 42.5 Å². The van der Waals surface area contributed by atoms with Crippen molar-refractivity contribution in [1.29, 1.82) is 0 Å². The van der Waals surface area contributed by atoms with E-state index in [1.807, 2.05) is 0 Å². The molecule has 0 heterocycles. The van der Waals surface area contributed by atoms with E-state index in [4.69, 9.17) is 21.7 Å². The van der Waals surface area contributed by atoms with Gasteiger partial charge in [-0.1, -0.05) is 6.92 Å². The molecule has 0 radical (unpaired) electrons. The molecule has 2 rings (SSSR count). The maximum Gasteiger partial charge on any atom is 0.240 e. The van der Waals surface area contributed by atoms with Gasteiger partial charge in [0.05, 0.1) is 24.8 Å². The zero-order valence-electron chi connectivity index (χ0n) is 14.7. The van der Waals surface area contributed by atoms with Crippen LogP contribution in [0.2, 0.25) is 0 Å². The van der Waals surface area contributed by atoms with Crippen LogP contribution in [-0.2, 0) is 10.0 Å². The number of rotatable bonds is 7. The lowest BCUT2D eigenvalue weighted by molar-refractivity contribution is 0.395. The monoisotopic (exact) mass is 395 g/mol. The van der Waals surface area contributed by atoms with Crippen LogP contribution in [0.5, 0.6) is 11.5 Å². The summed E-state index contributed by atoms with van der Waals surface area (Å²) in [6.45, 7) is 2.06. The Hall–Kier alpha value is -2.36. The van der Waals surface area contributed by atoms with Gasteiger partial charge in [-0.2, -0.15) is 0 Å². The largest absolute Gasteiger partial charge is 0.497 e. The molecule has 140 valence electrons. The van der Waals surface area contributed by atoms with Crippen LogP contribution in [0, 0.1) is 0 Å². The van der Waals surface area contributed by atoms with Crippen molar-refractivity contribution in [3.8, 4) is 11.5 Å². The molecule has 7 nitrogen and oxygen atoms in total. The first-order valence-electron chi connectivity index (χ1n) is 7.79.